The van der Waals surface area contributed by atoms with Gasteiger partial charge in [0.25, 0.3) is 0 Å². The maximum atomic E-state index is 4.42. The number of pyridine rings is 1. The molecule has 1 saturated heterocycles. The van der Waals surface area contributed by atoms with E-state index in [0.717, 1.165) is 38.3 Å². The molecule has 0 bridgehead atoms. The lowest BCUT2D eigenvalue weighted by Gasteiger charge is -2.33. The van der Waals surface area contributed by atoms with Crippen LogP contribution < -0.4 is 10.2 Å². The van der Waals surface area contributed by atoms with Gasteiger partial charge in [0.2, 0.25) is 0 Å². The molecule has 0 spiro atoms. The average molecular weight is 271 g/mol. The van der Waals surface area contributed by atoms with Gasteiger partial charge in [-0.1, -0.05) is 6.07 Å². The Balaban J connectivity index is 1.47. The van der Waals surface area contributed by atoms with E-state index in [-0.39, 0.29) is 0 Å². The van der Waals surface area contributed by atoms with Gasteiger partial charge in [-0.05, 0) is 25.0 Å². The Bertz CT molecular complexity index is 528. The minimum atomic E-state index is 0.593. The molecule has 1 aliphatic heterocycles. The van der Waals surface area contributed by atoms with Crippen LogP contribution in [0.25, 0.3) is 0 Å². The summed E-state index contributed by atoms with van der Waals surface area (Å²) in [6.07, 6.45) is 8.18. The molecule has 3 rings (SSSR count). The van der Waals surface area contributed by atoms with Gasteiger partial charge < -0.3 is 10.2 Å². The first-order valence-electron chi connectivity index (χ1n) is 7.18. The van der Waals surface area contributed by atoms with Crippen LogP contribution >= 0.6 is 0 Å². The van der Waals surface area contributed by atoms with Crippen molar-refractivity contribution in [1.29, 1.82) is 0 Å². The largest absolute Gasteiger partial charge is 0.357 e. The molecule has 0 aromatic carbocycles. The van der Waals surface area contributed by atoms with Crippen molar-refractivity contribution in [2.75, 3.05) is 18.0 Å². The molecule has 0 atom stereocenters. The summed E-state index contributed by atoms with van der Waals surface area (Å²) in [5.74, 6) is 1.10. The number of aromatic nitrogens is 3. The van der Waals surface area contributed by atoms with Gasteiger partial charge in [0.05, 0.1) is 6.20 Å². The zero-order valence-electron chi connectivity index (χ0n) is 11.9. The van der Waals surface area contributed by atoms with Crippen LogP contribution in [0, 0.1) is 0 Å². The number of piperidine rings is 1. The summed E-state index contributed by atoms with van der Waals surface area (Å²) in [7, 11) is 1.95. The number of anilines is 1. The fraction of sp³-hybridized carbons (Fsp3) is 0.467. The normalized spacial score (nSPS) is 16.6. The monoisotopic (exact) mass is 271 g/mol. The van der Waals surface area contributed by atoms with Gasteiger partial charge in [-0.25, -0.2) is 4.98 Å². The number of nitrogens with one attached hydrogen (secondary N) is 1. The smallest absolute Gasteiger partial charge is 0.128 e. The lowest BCUT2D eigenvalue weighted by molar-refractivity contribution is 0.412. The Morgan fingerprint density at radius 3 is 2.80 bits per heavy atom. The second-order valence-corrected chi connectivity index (χ2v) is 5.35. The number of hydrogen-bond acceptors (Lipinski definition) is 4. The third-order valence-corrected chi connectivity index (χ3v) is 3.82. The van der Waals surface area contributed by atoms with Crippen LogP contribution in [0.3, 0.4) is 0 Å². The Morgan fingerprint density at radius 1 is 1.30 bits per heavy atom. The highest BCUT2D eigenvalue weighted by molar-refractivity contribution is 5.38. The predicted octanol–water partition coefficient (Wildman–Crippen LogP) is 1.57. The third kappa shape index (κ3) is 3.17. The van der Waals surface area contributed by atoms with Gasteiger partial charge in [-0.15, -0.1) is 0 Å². The highest BCUT2D eigenvalue weighted by Crippen LogP contribution is 2.17. The first-order valence-corrected chi connectivity index (χ1v) is 7.18. The summed E-state index contributed by atoms with van der Waals surface area (Å²) in [6, 6.07) is 6.69. The van der Waals surface area contributed by atoms with E-state index in [1.165, 1.54) is 5.56 Å². The molecule has 5 heteroatoms. The molecule has 0 unspecified atom stereocenters. The van der Waals surface area contributed by atoms with Crippen LogP contribution in [0.4, 0.5) is 5.82 Å². The van der Waals surface area contributed by atoms with Gasteiger partial charge >= 0.3 is 0 Å². The Kier molecular flexibility index (Phi) is 3.97. The topological polar surface area (TPSA) is 46.0 Å². The van der Waals surface area contributed by atoms with Crippen molar-refractivity contribution in [2.45, 2.75) is 25.4 Å². The summed E-state index contributed by atoms with van der Waals surface area (Å²) in [5, 5.41) is 7.82. The summed E-state index contributed by atoms with van der Waals surface area (Å²) < 4.78 is 1.85. The van der Waals surface area contributed by atoms with Crippen LogP contribution in [-0.4, -0.2) is 33.9 Å². The molecule has 2 aromatic heterocycles. The first kappa shape index (κ1) is 13.1. The SMILES string of the molecule is Cn1cc(CNC2CCN(c3ccccn3)CC2)cn1. The minimum absolute atomic E-state index is 0.593. The predicted molar refractivity (Wildman–Crippen MR) is 79.5 cm³/mol. The number of nitrogens with zero attached hydrogens (tertiary/aromatic N) is 4. The molecule has 1 aliphatic rings. The Morgan fingerprint density at radius 2 is 2.15 bits per heavy atom. The van der Waals surface area contributed by atoms with Gasteiger partial charge in [0, 0.05) is 50.7 Å². The maximum absolute atomic E-state index is 4.42. The van der Waals surface area contributed by atoms with Crippen molar-refractivity contribution < 1.29 is 0 Å². The molecule has 20 heavy (non-hydrogen) atoms. The van der Waals surface area contributed by atoms with E-state index in [1.54, 1.807) is 0 Å². The fourth-order valence-corrected chi connectivity index (χ4v) is 2.68. The third-order valence-electron chi connectivity index (χ3n) is 3.82. The standard InChI is InChI=1S/C15H21N5/c1-19-12-13(11-18-19)10-17-14-5-8-20(9-6-14)15-4-2-3-7-16-15/h2-4,7,11-12,14,17H,5-6,8-10H2,1H3. The quantitative estimate of drug-likeness (QED) is 0.917. The van der Waals surface area contributed by atoms with Crippen molar-refractivity contribution in [1.82, 2.24) is 20.1 Å². The van der Waals surface area contributed by atoms with Crippen LogP contribution in [0.1, 0.15) is 18.4 Å². The van der Waals surface area contributed by atoms with Crippen molar-refractivity contribution in [3.8, 4) is 0 Å². The molecule has 5 nitrogen and oxygen atoms in total. The summed E-state index contributed by atoms with van der Waals surface area (Å²) in [5.41, 5.74) is 1.25. The van der Waals surface area contributed by atoms with Gasteiger partial charge in [0.1, 0.15) is 5.82 Å². The molecule has 3 heterocycles. The van der Waals surface area contributed by atoms with Crippen LogP contribution in [0.2, 0.25) is 0 Å². The highest BCUT2D eigenvalue weighted by atomic mass is 15.2. The Hall–Kier alpha value is -1.88. The lowest BCUT2D eigenvalue weighted by atomic mass is 10.0. The Labute approximate surface area is 119 Å². The van der Waals surface area contributed by atoms with E-state index in [4.69, 9.17) is 0 Å². The summed E-state index contributed by atoms with van der Waals surface area (Å²) >= 11 is 0. The van der Waals surface area contributed by atoms with Crippen LogP contribution in [0.5, 0.6) is 0 Å². The molecule has 1 fully saturated rings. The van der Waals surface area contributed by atoms with Crippen LogP contribution in [0.15, 0.2) is 36.8 Å². The number of rotatable bonds is 4. The molecular weight excluding hydrogens is 250 g/mol. The molecule has 0 aliphatic carbocycles. The molecule has 0 saturated carbocycles. The molecule has 0 radical (unpaired) electrons. The van der Waals surface area contributed by atoms with E-state index < -0.39 is 0 Å². The van der Waals surface area contributed by atoms with Gasteiger partial charge in [-0.2, -0.15) is 5.10 Å². The number of hydrogen-bond donors (Lipinski definition) is 1. The van der Waals surface area contributed by atoms with E-state index in [0.29, 0.717) is 6.04 Å². The fourth-order valence-electron chi connectivity index (χ4n) is 2.68. The van der Waals surface area contributed by atoms with E-state index in [9.17, 15) is 0 Å². The minimum Gasteiger partial charge on any atom is -0.357 e. The van der Waals surface area contributed by atoms with E-state index >= 15 is 0 Å². The first-order chi connectivity index (χ1) is 9.81. The zero-order chi connectivity index (χ0) is 13.8. The van der Waals surface area contributed by atoms with Crippen molar-refractivity contribution in [3.63, 3.8) is 0 Å². The van der Waals surface area contributed by atoms with Crippen LogP contribution in [-0.2, 0) is 13.6 Å². The van der Waals surface area contributed by atoms with Gasteiger partial charge in [-0.3, -0.25) is 4.68 Å². The number of aryl methyl sites for hydroxylation is 1. The molecule has 2 aromatic rings. The maximum Gasteiger partial charge on any atom is 0.128 e. The average Bonchev–Trinajstić information content (AvgIpc) is 2.92. The van der Waals surface area contributed by atoms with E-state index in [1.807, 2.05) is 30.2 Å². The van der Waals surface area contributed by atoms with Crippen molar-refractivity contribution in [2.24, 2.45) is 7.05 Å². The van der Waals surface area contributed by atoms with E-state index in [2.05, 4.69) is 38.6 Å². The second-order valence-electron chi connectivity index (χ2n) is 5.35. The lowest BCUT2D eigenvalue weighted by Crippen LogP contribution is -2.42. The van der Waals surface area contributed by atoms with Crippen molar-refractivity contribution >= 4 is 5.82 Å². The zero-order valence-corrected chi connectivity index (χ0v) is 11.9. The van der Waals surface area contributed by atoms with Crippen molar-refractivity contribution in [3.05, 3.63) is 42.4 Å². The highest BCUT2D eigenvalue weighted by Gasteiger charge is 2.19. The second kappa shape index (κ2) is 6.05. The summed E-state index contributed by atoms with van der Waals surface area (Å²) in [4.78, 5) is 6.78. The molecule has 1 N–H and O–H groups in total. The van der Waals surface area contributed by atoms with Gasteiger partial charge in [0.15, 0.2) is 0 Å². The summed E-state index contributed by atoms with van der Waals surface area (Å²) in [6.45, 7) is 3.05. The molecular formula is C15H21N5. The molecule has 106 valence electrons. The molecule has 0 amide bonds.